The van der Waals surface area contributed by atoms with Crippen LogP contribution in [0, 0.1) is 5.82 Å². The Hall–Kier alpha value is -2.02. The fraction of sp³-hybridized carbons (Fsp3) is 0.0714. The van der Waals surface area contributed by atoms with Gasteiger partial charge in [0.05, 0.1) is 5.56 Å². The van der Waals surface area contributed by atoms with Crippen molar-refractivity contribution in [2.45, 2.75) is 11.1 Å². The quantitative estimate of drug-likeness (QED) is 0.625. The van der Waals surface area contributed by atoms with Crippen molar-refractivity contribution < 1.29 is 22.4 Å². The number of carbonyl (C=O) groups excluding carboxylic acids is 1. The van der Waals surface area contributed by atoms with Crippen molar-refractivity contribution in [1.29, 1.82) is 0 Å². The Morgan fingerprint density at radius 2 is 1.81 bits per heavy atom. The van der Waals surface area contributed by atoms with Crippen LogP contribution < -0.4 is 5.32 Å². The minimum absolute atomic E-state index is 0.000126. The molecule has 0 aliphatic carbocycles. The summed E-state index contributed by atoms with van der Waals surface area (Å²) in [5, 5.41) is 2.32. The topological polar surface area (TPSA) is 29.1 Å². The largest absolute Gasteiger partial charge is 0.416 e. The molecule has 0 aromatic heterocycles. The normalized spacial score (nSPS) is 11.3. The lowest BCUT2D eigenvalue weighted by atomic mass is 10.1. The number of benzene rings is 2. The van der Waals surface area contributed by atoms with E-state index >= 15 is 0 Å². The van der Waals surface area contributed by atoms with Crippen LogP contribution in [0.25, 0.3) is 0 Å². The van der Waals surface area contributed by atoms with E-state index in [1.165, 1.54) is 24.3 Å². The third-order valence-corrected chi connectivity index (χ3v) is 3.00. The molecule has 2 aromatic carbocycles. The van der Waals surface area contributed by atoms with Gasteiger partial charge in [0, 0.05) is 16.1 Å². The summed E-state index contributed by atoms with van der Waals surface area (Å²) in [6, 6.07) is 7.72. The summed E-state index contributed by atoms with van der Waals surface area (Å²) in [6.45, 7) is 0. The van der Waals surface area contributed by atoms with E-state index < -0.39 is 23.5 Å². The fourth-order valence-electron chi connectivity index (χ4n) is 1.63. The first-order valence-corrected chi connectivity index (χ1v) is 6.19. The number of nitrogens with one attached hydrogen (secondary N) is 1. The molecule has 0 radical (unpaired) electrons. The Morgan fingerprint density at radius 1 is 1.10 bits per heavy atom. The second kappa shape index (κ2) is 5.77. The molecule has 2 nitrogen and oxygen atoms in total. The Balaban J connectivity index is 2.21. The van der Waals surface area contributed by atoms with Crippen LogP contribution in [0.15, 0.2) is 47.4 Å². The van der Waals surface area contributed by atoms with Crippen LogP contribution in [0.2, 0.25) is 0 Å². The van der Waals surface area contributed by atoms with Crippen molar-refractivity contribution in [2.24, 2.45) is 0 Å². The van der Waals surface area contributed by atoms with Gasteiger partial charge >= 0.3 is 6.18 Å². The second-order valence-electron chi connectivity index (χ2n) is 4.20. The highest BCUT2D eigenvalue weighted by atomic mass is 32.1. The van der Waals surface area contributed by atoms with Gasteiger partial charge in [-0.15, -0.1) is 12.6 Å². The van der Waals surface area contributed by atoms with Gasteiger partial charge in [-0.1, -0.05) is 6.07 Å². The van der Waals surface area contributed by atoms with E-state index in [-0.39, 0.29) is 16.1 Å². The number of amides is 1. The summed E-state index contributed by atoms with van der Waals surface area (Å²) < 4.78 is 50.7. The third-order valence-electron chi connectivity index (χ3n) is 2.66. The highest BCUT2D eigenvalue weighted by molar-refractivity contribution is 7.80. The number of carbonyl (C=O) groups is 1. The summed E-state index contributed by atoms with van der Waals surface area (Å²) in [6.07, 6.45) is -4.49. The second-order valence-corrected chi connectivity index (χ2v) is 4.68. The summed E-state index contributed by atoms with van der Waals surface area (Å²) in [5.41, 5.74) is -0.770. The molecular formula is C14H9F4NOS. The zero-order chi connectivity index (χ0) is 15.6. The van der Waals surface area contributed by atoms with Crippen molar-refractivity contribution in [1.82, 2.24) is 0 Å². The van der Waals surface area contributed by atoms with E-state index in [0.717, 1.165) is 18.2 Å². The monoisotopic (exact) mass is 315 g/mol. The average molecular weight is 315 g/mol. The van der Waals surface area contributed by atoms with Crippen molar-refractivity contribution in [2.75, 3.05) is 5.32 Å². The Kier molecular flexibility index (Phi) is 4.22. The first-order valence-electron chi connectivity index (χ1n) is 5.74. The fourth-order valence-corrected chi connectivity index (χ4v) is 1.84. The average Bonchev–Trinajstić information content (AvgIpc) is 2.41. The van der Waals surface area contributed by atoms with Gasteiger partial charge < -0.3 is 5.32 Å². The van der Waals surface area contributed by atoms with Crippen molar-refractivity contribution in [3.8, 4) is 0 Å². The summed E-state index contributed by atoms with van der Waals surface area (Å²) in [5.74, 6) is -1.24. The van der Waals surface area contributed by atoms with Gasteiger partial charge in [-0.2, -0.15) is 13.2 Å². The molecule has 0 heterocycles. The van der Waals surface area contributed by atoms with Gasteiger partial charge in [-0.3, -0.25) is 4.79 Å². The van der Waals surface area contributed by atoms with Crippen molar-refractivity contribution in [3.63, 3.8) is 0 Å². The number of rotatable bonds is 2. The number of thiol groups is 1. The maximum absolute atomic E-state index is 13.0. The van der Waals surface area contributed by atoms with Crippen LogP contribution in [0.1, 0.15) is 15.9 Å². The summed E-state index contributed by atoms with van der Waals surface area (Å²) >= 11 is 3.84. The number of hydrogen-bond acceptors (Lipinski definition) is 2. The lowest BCUT2D eigenvalue weighted by Gasteiger charge is -2.10. The molecule has 0 atom stereocenters. The van der Waals surface area contributed by atoms with E-state index in [2.05, 4.69) is 17.9 Å². The predicted octanol–water partition coefficient (Wildman–Crippen LogP) is 4.39. The maximum atomic E-state index is 13.0. The highest BCUT2D eigenvalue weighted by Gasteiger charge is 2.30. The smallest absolute Gasteiger partial charge is 0.322 e. The number of alkyl halides is 3. The molecule has 1 amide bonds. The molecule has 21 heavy (non-hydrogen) atoms. The third kappa shape index (κ3) is 3.75. The first kappa shape index (κ1) is 15.4. The van der Waals surface area contributed by atoms with Gasteiger partial charge in [0.25, 0.3) is 5.91 Å². The number of anilines is 1. The zero-order valence-electron chi connectivity index (χ0n) is 10.4. The van der Waals surface area contributed by atoms with Crippen molar-refractivity contribution >= 4 is 24.2 Å². The van der Waals surface area contributed by atoms with Gasteiger partial charge in [-0.25, -0.2) is 4.39 Å². The molecule has 0 bridgehead atoms. The standard InChI is InChI=1S/C14H9F4NOS/c15-11-5-4-8(6-12(11)21)13(20)19-10-3-1-2-9(7-10)14(16,17)18/h1-7,21H,(H,19,20). The van der Waals surface area contributed by atoms with Crippen LogP contribution in [-0.2, 0) is 6.18 Å². The van der Waals surface area contributed by atoms with E-state index in [4.69, 9.17) is 0 Å². The maximum Gasteiger partial charge on any atom is 0.416 e. The molecule has 0 aliphatic rings. The van der Waals surface area contributed by atoms with Crippen LogP contribution in [0.5, 0.6) is 0 Å². The van der Waals surface area contributed by atoms with E-state index in [0.29, 0.717) is 0 Å². The zero-order valence-corrected chi connectivity index (χ0v) is 11.3. The minimum atomic E-state index is -4.49. The molecule has 0 spiro atoms. The molecule has 0 aliphatic heterocycles. The lowest BCUT2D eigenvalue weighted by molar-refractivity contribution is -0.137. The van der Waals surface area contributed by atoms with Crippen LogP contribution in [-0.4, -0.2) is 5.91 Å². The van der Waals surface area contributed by atoms with Crippen LogP contribution in [0.3, 0.4) is 0 Å². The molecule has 2 rings (SSSR count). The highest BCUT2D eigenvalue weighted by Crippen LogP contribution is 2.30. The van der Waals surface area contributed by atoms with Gasteiger partial charge in [-0.05, 0) is 36.4 Å². The SMILES string of the molecule is O=C(Nc1cccc(C(F)(F)F)c1)c1ccc(F)c(S)c1. The van der Waals surface area contributed by atoms with E-state index in [9.17, 15) is 22.4 Å². The van der Waals surface area contributed by atoms with E-state index in [1.807, 2.05) is 0 Å². The number of halogens is 4. The van der Waals surface area contributed by atoms with Crippen LogP contribution >= 0.6 is 12.6 Å². The summed E-state index contributed by atoms with van der Waals surface area (Å²) in [4.78, 5) is 11.9. The number of hydrogen-bond donors (Lipinski definition) is 2. The Morgan fingerprint density at radius 3 is 2.43 bits per heavy atom. The predicted molar refractivity (Wildman–Crippen MR) is 73.0 cm³/mol. The molecule has 110 valence electrons. The van der Waals surface area contributed by atoms with E-state index in [1.54, 1.807) is 0 Å². The summed E-state index contributed by atoms with van der Waals surface area (Å²) in [7, 11) is 0. The van der Waals surface area contributed by atoms with Gasteiger partial charge in [0.1, 0.15) is 5.82 Å². The van der Waals surface area contributed by atoms with Gasteiger partial charge in [0.15, 0.2) is 0 Å². The Bertz CT molecular complexity index is 685. The van der Waals surface area contributed by atoms with Crippen LogP contribution in [0.4, 0.5) is 23.2 Å². The molecule has 2 aromatic rings. The molecule has 7 heteroatoms. The lowest BCUT2D eigenvalue weighted by Crippen LogP contribution is -2.13. The Labute approximate surface area is 123 Å². The minimum Gasteiger partial charge on any atom is -0.322 e. The van der Waals surface area contributed by atoms with Gasteiger partial charge in [0.2, 0.25) is 0 Å². The molecular weight excluding hydrogens is 306 g/mol. The molecule has 0 saturated carbocycles. The molecule has 0 unspecified atom stereocenters. The molecule has 0 saturated heterocycles. The first-order chi connectivity index (χ1) is 9.77. The van der Waals surface area contributed by atoms with Crippen molar-refractivity contribution in [3.05, 3.63) is 59.4 Å². The molecule has 1 N–H and O–H groups in total. The molecule has 0 fully saturated rings.